The molecule has 5 heteroatoms. The van der Waals surface area contributed by atoms with Crippen LogP contribution in [0.5, 0.6) is 5.75 Å². The van der Waals surface area contributed by atoms with E-state index in [1.807, 2.05) is 6.07 Å². The largest absolute Gasteiger partial charge is 0.423 e. The molecule has 0 amide bonds. The number of benzene rings is 2. The maximum absolute atomic E-state index is 12.5. The summed E-state index contributed by atoms with van der Waals surface area (Å²) in [6.45, 7) is 0. The molecular formula is C16H11F3O2. The van der Waals surface area contributed by atoms with Crippen LogP contribution in [0.1, 0.15) is 11.1 Å². The van der Waals surface area contributed by atoms with Crippen LogP contribution in [0.25, 0.3) is 6.08 Å². The van der Waals surface area contributed by atoms with E-state index >= 15 is 0 Å². The SMILES string of the molecule is O=C(C=Cc1ccccc1)Oc1cccc(C(F)(F)F)c1. The maximum Gasteiger partial charge on any atom is 0.416 e. The van der Waals surface area contributed by atoms with Gasteiger partial charge in [-0.2, -0.15) is 13.2 Å². The lowest BCUT2D eigenvalue weighted by Crippen LogP contribution is -2.07. The van der Waals surface area contributed by atoms with Crippen molar-refractivity contribution in [3.05, 3.63) is 71.8 Å². The Balaban J connectivity index is 2.05. The Kier molecular flexibility index (Phi) is 4.42. The molecule has 0 aliphatic heterocycles. The third kappa shape index (κ3) is 4.49. The van der Waals surface area contributed by atoms with E-state index in [1.54, 1.807) is 24.3 Å². The molecule has 0 N–H and O–H groups in total. The molecule has 2 aromatic rings. The molecule has 0 saturated heterocycles. The zero-order valence-electron chi connectivity index (χ0n) is 10.8. The quantitative estimate of drug-likeness (QED) is 0.478. The number of hydrogen-bond donors (Lipinski definition) is 0. The van der Waals surface area contributed by atoms with Crippen molar-refractivity contribution < 1.29 is 22.7 Å². The van der Waals surface area contributed by atoms with Crippen molar-refractivity contribution in [1.82, 2.24) is 0 Å². The third-order valence-electron chi connectivity index (χ3n) is 2.59. The van der Waals surface area contributed by atoms with Crippen LogP contribution in [0.4, 0.5) is 13.2 Å². The molecule has 0 bridgehead atoms. The molecule has 0 atom stereocenters. The summed E-state index contributed by atoms with van der Waals surface area (Å²) in [5, 5.41) is 0. The number of ether oxygens (including phenoxy) is 1. The fourth-order valence-electron chi connectivity index (χ4n) is 1.61. The average molecular weight is 292 g/mol. The summed E-state index contributed by atoms with van der Waals surface area (Å²) in [5.41, 5.74) is -0.0710. The van der Waals surface area contributed by atoms with Gasteiger partial charge in [0.15, 0.2) is 0 Å². The number of carbonyl (C=O) groups is 1. The topological polar surface area (TPSA) is 26.3 Å². The van der Waals surface area contributed by atoms with Gasteiger partial charge < -0.3 is 4.74 Å². The van der Waals surface area contributed by atoms with Crippen molar-refractivity contribution in [2.75, 3.05) is 0 Å². The van der Waals surface area contributed by atoms with Gasteiger partial charge >= 0.3 is 12.1 Å². The van der Waals surface area contributed by atoms with Gasteiger partial charge in [0, 0.05) is 6.08 Å². The van der Waals surface area contributed by atoms with Gasteiger partial charge in [-0.3, -0.25) is 0 Å². The second-order valence-electron chi connectivity index (χ2n) is 4.19. The Labute approximate surface area is 119 Å². The van der Waals surface area contributed by atoms with Gasteiger partial charge in [-0.15, -0.1) is 0 Å². The normalized spacial score (nSPS) is 11.6. The van der Waals surface area contributed by atoms with Crippen LogP contribution in [-0.2, 0) is 11.0 Å². The monoisotopic (exact) mass is 292 g/mol. The summed E-state index contributed by atoms with van der Waals surface area (Å²) in [7, 11) is 0. The smallest absolute Gasteiger partial charge is 0.416 e. The van der Waals surface area contributed by atoms with Crippen LogP contribution in [0.15, 0.2) is 60.7 Å². The van der Waals surface area contributed by atoms with Crippen LogP contribution >= 0.6 is 0 Å². The van der Waals surface area contributed by atoms with Crippen LogP contribution in [0.2, 0.25) is 0 Å². The first-order chi connectivity index (χ1) is 9.95. The average Bonchev–Trinajstić information content (AvgIpc) is 2.46. The van der Waals surface area contributed by atoms with Crippen molar-refractivity contribution in [2.45, 2.75) is 6.18 Å². The van der Waals surface area contributed by atoms with Crippen LogP contribution < -0.4 is 4.74 Å². The minimum Gasteiger partial charge on any atom is -0.423 e. The molecule has 2 nitrogen and oxygen atoms in total. The van der Waals surface area contributed by atoms with Gasteiger partial charge in [0.25, 0.3) is 0 Å². The number of carbonyl (C=O) groups excluding carboxylic acids is 1. The molecule has 2 rings (SSSR count). The van der Waals surface area contributed by atoms with E-state index in [1.165, 1.54) is 18.2 Å². The first-order valence-electron chi connectivity index (χ1n) is 6.07. The van der Waals surface area contributed by atoms with Crippen molar-refractivity contribution in [2.24, 2.45) is 0 Å². The Morgan fingerprint density at radius 3 is 2.38 bits per heavy atom. The predicted molar refractivity (Wildman–Crippen MR) is 72.6 cm³/mol. The predicted octanol–water partition coefficient (Wildman–Crippen LogP) is 4.32. The molecule has 0 unspecified atom stereocenters. The molecule has 108 valence electrons. The lowest BCUT2D eigenvalue weighted by Gasteiger charge is -2.08. The van der Waals surface area contributed by atoms with Gasteiger partial charge in [0.2, 0.25) is 0 Å². The molecule has 0 saturated carbocycles. The molecule has 2 aromatic carbocycles. The summed E-state index contributed by atoms with van der Waals surface area (Å²) < 4.78 is 42.4. The van der Waals surface area contributed by atoms with Crippen molar-refractivity contribution >= 4 is 12.0 Å². The van der Waals surface area contributed by atoms with E-state index in [9.17, 15) is 18.0 Å². The minimum absolute atomic E-state index is 0.146. The molecular weight excluding hydrogens is 281 g/mol. The van der Waals surface area contributed by atoms with Crippen LogP contribution in [-0.4, -0.2) is 5.97 Å². The van der Waals surface area contributed by atoms with Gasteiger partial charge in [-0.05, 0) is 29.8 Å². The van der Waals surface area contributed by atoms with Crippen molar-refractivity contribution in [3.8, 4) is 5.75 Å². The highest BCUT2D eigenvalue weighted by Gasteiger charge is 2.30. The summed E-state index contributed by atoms with van der Waals surface area (Å²) in [4.78, 5) is 11.6. The van der Waals surface area contributed by atoms with E-state index < -0.39 is 17.7 Å². The Bertz CT molecular complexity index is 646. The highest BCUT2D eigenvalue weighted by Crippen LogP contribution is 2.31. The fraction of sp³-hybridized carbons (Fsp3) is 0.0625. The molecule has 0 aliphatic carbocycles. The number of rotatable bonds is 3. The Hall–Kier alpha value is -2.56. The van der Waals surface area contributed by atoms with E-state index in [-0.39, 0.29) is 5.75 Å². The molecule has 0 heterocycles. The standard InChI is InChI=1S/C16H11F3O2/c17-16(18,19)13-7-4-8-14(11-13)21-15(20)10-9-12-5-2-1-3-6-12/h1-11H. The van der Waals surface area contributed by atoms with E-state index in [0.29, 0.717) is 0 Å². The van der Waals surface area contributed by atoms with E-state index in [4.69, 9.17) is 4.74 Å². The van der Waals surface area contributed by atoms with Crippen LogP contribution in [0, 0.1) is 0 Å². The Morgan fingerprint density at radius 2 is 1.71 bits per heavy atom. The first-order valence-corrected chi connectivity index (χ1v) is 6.07. The van der Waals surface area contributed by atoms with E-state index in [0.717, 1.165) is 23.8 Å². The molecule has 0 aromatic heterocycles. The zero-order valence-corrected chi connectivity index (χ0v) is 10.8. The van der Waals surface area contributed by atoms with Gasteiger partial charge in [-0.25, -0.2) is 4.79 Å². The molecule has 0 spiro atoms. The lowest BCUT2D eigenvalue weighted by molar-refractivity contribution is -0.138. The number of alkyl halides is 3. The van der Waals surface area contributed by atoms with Crippen molar-refractivity contribution in [1.29, 1.82) is 0 Å². The molecule has 21 heavy (non-hydrogen) atoms. The molecule has 0 fully saturated rings. The highest BCUT2D eigenvalue weighted by atomic mass is 19.4. The molecule has 0 radical (unpaired) electrons. The summed E-state index contributed by atoms with van der Waals surface area (Å²) >= 11 is 0. The third-order valence-corrected chi connectivity index (χ3v) is 2.59. The zero-order chi connectivity index (χ0) is 15.3. The summed E-state index contributed by atoms with van der Waals surface area (Å²) in [6.07, 6.45) is -1.78. The molecule has 0 aliphatic rings. The van der Waals surface area contributed by atoms with Crippen molar-refractivity contribution in [3.63, 3.8) is 0 Å². The Morgan fingerprint density at radius 1 is 1.00 bits per heavy atom. The fourth-order valence-corrected chi connectivity index (χ4v) is 1.61. The first kappa shape index (κ1) is 14.8. The second kappa shape index (κ2) is 6.26. The summed E-state index contributed by atoms with van der Waals surface area (Å²) in [6, 6.07) is 13.2. The van der Waals surface area contributed by atoms with Gasteiger partial charge in [-0.1, -0.05) is 36.4 Å². The number of esters is 1. The maximum atomic E-state index is 12.5. The summed E-state index contributed by atoms with van der Waals surface area (Å²) in [5.74, 6) is -0.884. The second-order valence-corrected chi connectivity index (χ2v) is 4.19. The van der Waals surface area contributed by atoms with E-state index in [2.05, 4.69) is 0 Å². The number of hydrogen-bond acceptors (Lipinski definition) is 2. The number of halogens is 3. The van der Waals surface area contributed by atoms with Gasteiger partial charge in [0.05, 0.1) is 5.56 Å². The minimum atomic E-state index is -4.47. The van der Waals surface area contributed by atoms with Gasteiger partial charge in [0.1, 0.15) is 5.75 Å². The van der Waals surface area contributed by atoms with Crippen LogP contribution in [0.3, 0.4) is 0 Å². The highest BCUT2D eigenvalue weighted by molar-refractivity contribution is 5.88. The lowest BCUT2D eigenvalue weighted by atomic mass is 10.2.